The summed E-state index contributed by atoms with van der Waals surface area (Å²) in [4.78, 5) is 12.1. The van der Waals surface area contributed by atoms with E-state index in [4.69, 9.17) is 4.42 Å². The molecule has 0 unspecified atom stereocenters. The van der Waals surface area contributed by atoms with Crippen molar-refractivity contribution in [3.8, 4) is 0 Å². The number of hydrogen-bond acceptors (Lipinski definition) is 4. The van der Waals surface area contributed by atoms with Gasteiger partial charge in [-0.1, -0.05) is 0 Å². The molecule has 1 amide bonds. The smallest absolute Gasteiger partial charge is 0.291 e. The molecule has 0 fully saturated rings. The van der Waals surface area contributed by atoms with Crippen LogP contribution in [0.2, 0.25) is 0 Å². The molecule has 2 rings (SSSR count). The standard InChI is InChI=1S/C15H17BrN2O4S/c1-15(2,3)18-23(20,21)11-6-4-10(5-7-11)17-14(19)12-8-9-13(16)22-12/h4-9,18H,1-3H3,(H,17,19). The van der Waals surface area contributed by atoms with Gasteiger partial charge in [-0.05, 0) is 73.1 Å². The highest BCUT2D eigenvalue weighted by atomic mass is 79.9. The highest BCUT2D eigenvalue weighted by molar-refractivity contribution is 9.10. The van der Waals surface area contributed by atoms with Crippen LogP contribution in [0.5, 0.6) is 0 Å². The first kappa shape index (κ1) is 17.7. The summed E-state index contributed by atoms with van der Waals surface area (Å²) in [6.07, 6.45) is 0. The maximum atomic E-state index is 12.2. The largest absolute Gasteiger partial charge is 0.444 e. The minimum atomic E-state index is -3.60. The first-order valence-corrected chi connectivity index (χ1v) is 9.05. The number of nitrogens with one attached hydrogen (secondary N) is 2. The summed E-state index contributed by atoms with van der Waals surface area (Å²) in [7, 11) is -3.60. The second-order valence-corrected chi connectivity index (χ2v) is 8.40. The molecule has 0 spiro atoms. The zero-order chi connectivity index (χ0) is 17.3. The number of benzene rings is 1. The van der Waals surface area contributed by atoms with E-state index in [0.717, 1.165) is 0 Å². The Bertz CT molecular complexity index is 805. The van der Waals surface area contributed by atoms with Gasteiger partial charge in [0.15, 0.2) is 10.4 Å². The van der Waals surface area contributed by atoms with E-state index in [9.17, 15) is 13.2 Å². The molecule has 2 N–H and O–H groups in total. The zero-order valence-corrected chi connectivity index (χ0v) is 15.3. The van der Waals surface area contributed by atoms with Crippen molar-refractivity contribution in [2.45, 2.75) is 31.2 Å². The van der Waals surface area contributed by atoms with Crippen molar-refractivity contribution in [1.82, 2.24) is 4.72 Å². The van der Waals surface area contributed by atoms with Crippen LogP contribution in [-0.4, -0.2) is 19.9 Å². The minimum Gasteiger partial charge on any atom is -0.444 e. The fraction of sp³-hybridized carbons (Fsp3) is 0.267. The van der Waals surface area contributed by atoms with E-state index in [1.807, 2.05) is 0 Å². The number of furan rings is 1. The number of halogens is 1. The molecule has 0 aliphatic carbocycles. The predicted octanol–water partition coefficient (Wildman–Crippen LogP) is 3.37. The lowest BCUT2D eigenvalue weighted by Crippen LogP contribution is -2.40. The van der Waals surface area contributed by atoms with E-state index >= 15 is 0 Å². The predicted molar refractivity (Wildman–Crippen MR) is 90.9 cm³/mol. The summed E-state index contributed by atoms with van der Waals surface area (Å²) < 4.78 is 32.5. The number of amides is 1. The molecule has 1 aromatic heterocycles. The molecule has 8 heteroatoms. The van der Waals surface area contributed by atoms with Gasteiger partial charge in [0.1, 0.15) is 0 Å². The summed E-state index contributed by atoms with van der Waals surface area (Å²) >= 11 is 3.12. The van der Waals surface area contributed by atoms with E-state index in [2.05, 4.69) is 26.0 Å². The maximum Gasteiger partial charge on any atom is 0.291 e. The van der Waals surface area contributed by atoms with Crippen molar-refractivity contribution in [2.75, 3.05) is 5.32 Å². The van der Waals surface area contributed by atoms with Gasteiger partial charge >= 0.3 is 0 Å². The number of anilines is 1. The summed E-state index contributed by atoms with van der Waals surface area (Å²) in [5.74, 6) is -0.262. The van der Waals surface area contributed by atoms with Crippen molar-refractivity contribution in [3.05, 3.63) is 46.8 Å². The van der Waals surface area contributed by atoms with Crippen LogP contribution in [0.3, 0.4) is 0 Å². The monoisotopic (exact) mass is 400 g/mol. The van der Waals surface area contributed by atoms with Gasteiger partial charge in [0.05, 0.1) is 4.90 Å². The van der Waals surface area contributed by atoms with Crippen LogP contribution in [0.4, 0.5) is 5.69 Å². The lowest BCUT2D eigenvalue weighted by atomic mass is 10.1. The summed E-state index contributed by atoms with van der Waals surface area (Å²) in [6, 6.07) is 9.05. The maximum absolute atomic E-state index is 12.2. The van der Waals surface area contributed by atoms with Crippen molar-refractivity contribution < 1.29 is 17.6 Å². The minimum absolute atomic E-state index is 0.131. The first-order chi connectivity index (χ1) is 10.6. The summed E-state index contributed by atoms with van der Waals surface area (Å²) in [6.45, 7) is 5.29. The Morgan fingerprint density at radius 1 is 1.09 bits per heavy atom. The molecule has 1 aromatic carbocycles. The number of hydrogen-bond donors (Lipinski definition) is 2. The highest BCUT2D eigenvalue weighted by Gasteiger charge is 2.21. The fourth-order valence-corrected chi connectivity index (χ4v) is 3.53. The van der Waals surface area contributed by atoms with Crippen LogP contribution in [0.15, 0.2) is 50.4 Å². The number of rotatable bonds is 4. The molecule has 124 valence electrons. The average Bonchev–Trinajstić information content (AvgIpc) is 2.83. The molecule has 23 heavy (non-hydrogen) atoms. The Morgan fingerprint density at radius 2 is 1.70 bits per heavy atom. The van der Waals surface area contributed by atoms with Gasteiger partial charge < -0.3 is 9.73 Å². The topological polar surface area (TPSA) is 88.4 Å². The molecule has 0 atom stereocenters. The van der Waals surface area contributed by atoms with Gasteiger partial charge in [-0.3, -0.25) is 4.79 Å². The molecule has 2 aromatic rings. The summed E-state index contributed by atoms with van der Waals surface area (Å²) in [5.41, 5.74) is -0.101. The van der Waals surface area contributed by atoms with E-state index in [-0.39, 0.29) is 10.7 Å². The van der Waals surface area contributed by atoms with Crippen molar-refractivity contribution in [2.24, 2.45) is 0 Å². The quantitative estimate of drug-likeness (QED) is 0.822. The molecule has 0 saturated heterocycles. The van der Waals surface area contributed by atoms with Crippen LogP contribution >= 0.6 is 15.9 Å². The van der Waals surface area contributed by atoms with Gasteiger partial charge in [0.25, 0.3) is 5.91 Å². The molecule has 0 bridgehead atoms. The number of sulfonamides is 1. The molecule has 0 radical (unpaired) electrons. The second kappa shape index (κ2) is 6.46. The lowest BCUT2D eigenvalue weighted by Gasteiger charge is -2.20. The van der Waals surface area contributed by atoms with Gasteiger partial charge in [-0.15, -0.1) is 0 Å². The molecule has 0 saturated carbocycles. The van der Waals surface area contributed by atoms with Crippen molar-refractivity contribution in [3.63, 3.8) is 0 Å². The van der Waals surface area contributed by atoms with Gasteiger partial charge in [0, 0.05) is 11.2 Å². The Hall–Kier alpha value is -1.64. The van der Waals surface area contributed by atoms with Crippen molar-refractivity contribution in [1.29, 1.82) is 0 Å². The molecule has 0 aliphatic rings. The third-order valence-corrected chi connectivity index (χ3v) is 4.86. The van der Waals surface area contributed by atoms with Crippen molar-refractivity contribution >= 4 is 37.5 Å². The zero-order valence-electron chi connectivity index (χ0n) is 12.9. The van der Waals surface area contributed by atoms with Gasteiger partial charge in [0.2, 0.25) is 10.0 Å². The van der Waals surface area contributed by atoms with Crippen LogP contribution in [-0.2, 0) is 10.0 Å². The lowest BCUT2D eigenvalue weighted by molar-refractivity contribution is 0.0995. The normalized spacial score (nSPS) is 12.2. The third kappa shape index (κ3) is 4.92. The van der Waals surface area contributed by atoms with Crippen LogP contribution in [0.25, 0.3) is 0 Å². The van der Waals surface area contributed by atoms with E-state index in [1.54, 1.807) is 26.8 Å². The fourth-order valence-electron chi connectivity index (χ4n) is 1.81. The van der Waals surface area contributed by atoms with Crippen LogP contribution < -0.4 is 10.0 Å². The Balaban J connectivity index is 2.12. The number of carbonyl (C=O) groups is 1. The molecular weight excluding hydrogens is 384 g/mol. The first-order valence-electron chi connectivity index (χ1n) is 6.77. The SMILES string of the molecule is CC(C)(C)NS(=O)(=O)c1ccc(NC(=O)c2ccc(Br)o2)cc1. The van der Waals surface area contributed by atoms with Crippen LogP contribution in [0, 0.1) is 0 Å². The molecule has 1 heterocycles. The van der Waals surface area contributed by atoms with Crippen LogP contribution in [0.1, 0.15) is 31.3 Å². The Labute approximate surface area is 143 Å². The van der Waals surface area contributed by atoms with Gasteiger partial charge in [-0.2, -0.15) is 0 Å². The van der Waals surface area contributed by atoms with E-state index in [0.29, 0.717) is 10.4 Å². The van der Waals surface area contributed by atoms with Gasteiger partial charge in [-0.25, -0.2) is 13.1 Å². The highest BCUT2D eigenvalue weighted by Crippen LogP contribution is 2.18. The molecule has 0 aliphatic heterocycles. The summed E-state index contributed by atoms with van der Waals surface area (Å²) in [5, 5.41) is 2.63. The Morgan fingerprint density at radius 3 is 2.17 bits per heavy atom. The average molecular weight is 401 g/mol. The number of carbonyl (C=O) groups excluding carboxylic acids is 1. The molecular formula is C15H17BrN2O4S. The van der Waals surface area contributed by atoms with E-state index < -0.39 is 21.5 Å². The second-order valence-electron chi connectivity index (χ2n) is 5.94. The third-order valence-electron chi connectivity index (χ3n) is 2.66. The van der Waals surface area contributed by atoms with E-state index in [1.165, 1.54) is 30.3 Å². The molecule has 6 nitrogen and oxygen atoms in total. The Kier molecular flexibility index (Phi) is 4.98.